The molecule has 0 amide bonds. The Morgan fingerprint density at radius 1 is 1.05 bits per heavy atom. The molecule has 0 saturated carbocycles. The molecule has 0 aromatic heterocycles. The van der Waals surface area contributed by atoms with Crippen molar-refractivity contribution >= 4 is 54.5 Å². The van der Waals surface area contributed by atoms with Gasteiger partial charge in [-0.15, -0.1) is 0 Å². The standard InChI is InChI=1S/C17H18Br2IN/c1-4-21-17(12-7-5-6-10(2)16(12)20)13-9-14(18)11(3)8-15(13)19/h5-9,17,21H,4H2,1-3H3. The lowest BCUT2D eigenvalue weighted by molar-refractivity contribution is 0.625. The molecule has 21 heavy (non-hydrogen) atoms. The molecule has 0 aliphatic rings. The van der Waals surface area contributed by atoms with E-state index in [2.05, 4.69) is 111 Å². The van der Waals surface area contributed by atoms with Crippen LogP contribution in [0.1, 0.15) is 35.2 Å². The molecule has 1 nitrogen and oxygen atoms in total. The highest BCUT2D eigenvalue weighted by Gasteiger charge is 2.20. The van der Waals surface area contributed by atoms with E-state index in [9.17, 15) is 0 Å². The van der Waals surface area contributed by atoms with Gasteiger partial charge in [-0.25, -0.2) is 0 Å². The highest BCUT2D eigenvalue weighted by molar-refractivity contribution is 14.1. The molecule has 0 radical (unpaired) electrons. The second-order valence-corrected chi connectivity index (χ2v) is 7.88. The minimum Gasteiger partial charge on any atom is -0.306 e. The second kappa shape index (κ2) is 7.57. The van der Waals surface area contributed by atoms with E-state index in [0.717, 1.165) is 15.5 Å². The minimum atomic E-state index is 0.188. The van der Waals surface area contributed by atoms with Crippen LogP contribution in [0, 0.1) is 17.4 Å². The zero-order chi connectivity index (χ0) is 15.6. The van der Waals surface area contributed by atoms with Gasteiger partial charge in [-0.05, 0) is 77.4 Å². The smallest absolute Gasteiger partial charge is 0.0598 e. The Kier molecular flexibility index (Phi) is 6.29. The normalized spacial score (nSPS) is 12.5. The number of hydrogen-bond donors (Lipinski definition) is 1. The van der Waals surface area contributed by atoms with Crippen molar-refractivity contribution in [3.8, 4) is 0 Å². The first-order valence-electron chi connectivity index (χ1n) is 6.89. The molecule has 0 heterocycles. The van der Waals surface area contributed by atoms with E-state index in [1.807, 2.05) is 0 Å². The van der Waals surface area contributed by atoms with E-state index in [1.165, 1.54) is 25.8 Å². The molecule has 2 aromatic carbocycles. The van der Waals surface area contributed by atoms with Crippen LogP contribution < -0.4 is 5.32 Å². The fourth-order valence-corrected chi connectivity index (χ4v) is 4.09. The van der Waals surface area contributed by atoms with Gasteiger partial charge in [0, 0.05) is 12.5 Å². The Morgan fingerprint density at radius 3 is 2.43 bits per heavy atom. The highest BCUT2D eigenvalue weighted by Crippen LogP contribution is 2.35. The Bertz CT molecular complexity index is 655. The number of aryl methyl sites for hydroxylation is 2. The third-order valence-electron chi connectivity index (χ3n) is 3.53. The Labute approximate surface area is 157 Å². The molecular formula is C17H18Br2IN. The molecule has 0 spiro atoms. The Morgan fingerprint density at radius 2 is 1.76 bits per heavy atom. The summed E-state index contributed by atoms with van der Waals surface area (Å²) in [5, 5.41) is 3.62. The fourth-order valence-electron chi connectivity index (χ4n) is 2.37. The Balaban J connectivity index is 2.59. The van der Waals surface area contributed by atoms with Gasteiger partial charge in [-0.1, -0.05) is 57.0 Å². The molecule has 4 heteroatoms. The molecule has 1 unspecified atom stereocenters. The van der Waals surface area contributed by atoms with Crippen LogP contribution in [-0.2, 0) is 0 Å². The summed E-state index contributed by atoms with van der Waals surface area (Å²) in [6, 6.07) is 11.1. The van der Waals surface area contributed by atoms with E-state index < -0.39 is 0 Å². The van der Waals surface area contributed by atoms with Gasteiger partial charge in [0.2, 0.25) is 0 Å². The molecule has 0 saturated heterocycles. The van der Waals surface area contributed by atoms with Crippen molar-refractivity contribution < 1.29 is 0 Å². The van der Waals surface area contributed by atoms with Crippen LogP contribution in [0.4, 0.5) is 0 Å². The van der Waals surface area contributed by atoms with Crippen molar-refractivity contribution in [2.75, 3.05) is 6.54 Å². The van der Waals surface area contributed by atoms with Crippen molar-refractivity contribution in [3.63, 3.8) is 0 Å². The summed E-state index contributed by atoms with van der Waals surface area (Å²) in [4.78, 5) is 0. The predicted octanol–water partition coefficient (Wildman–Crippen LogP) is 6.13. The van der Waals surface area contributed by atoms with Crippen molar-refractivity contribution in [2.45, 2.75) is 26.8 Å². The fraction of sp³-hybridized carbons (Fsp3) is 0.294. The van der Waals surface area contributed by atoms with E-state index in [0.29, 0.717) is 0 Å². The summed E-state index contributed by atoms with van der Waals surface area (Å²) < 4.78 is 3.61. The molecule has 0 aliphatic carbocycles. The zero-order valence-corrected chi connectivity index (χ0v) is 17.6. The van der Waals surface area contributed by atoms with Gasteiger partial charge in [0.15, 0.2) is 0 Å². The summed E-state index contributed by atoms with van der Waals surface area (Å²) in [7, 11) is 0. The maximum absolute atomic E-state index is 3.73. The van der Waals surface area contributed by atoms with Gasteiger partial charge >= 0.3 is 0 Å². The topological polar surface area (TPSA) is 12.0 Å². The average Bonchev–Trinajstić information content (AvgIpc) is 2.44. The quantitative estimate of drug-likeness (QED) is 0.476. The molecule has 0 fully saturated rings. The van der Waals surface area contributed by atoms with E-state index >= 15 is 0 Å². The van der Waals surface area contributed by atoms with Gasteiger partial charge in [-0.3, -0.25) is 0 Å². The first kappa shape index (κ1) is 17.4. The molecule has 2 rings (SSSR count). The van der Waals surface area contributed by atoms with Crippen LogP contribution >= 0.6 is 54.5 Å². The summed E-state index contributed by atoms with van der Waals surface area (Å²) >= 11 is 9.83. The largest absolute Gasteiger partial charge is 0.306 e. The van der Waals surface area contributed by atoms with Crippen LogP contribution in [0.5, 0.6) is 0 Å². The molecule has 1 atom stereocenters. The van der Waals surface area contributed by atoms with Gasteiger partial charge in [0.1, 0.15) is 0 Å². The van der Waals surface area contributed by atoms with Gasteiger partial charge in [0.25, 0.3) is 0 Å². The molecule has 0 bridgehead atoms. The highest BCUT2D eigenvalue weighted by atomic mass is 127. The lowest BCUT2D eigenvalue weighted by Gasteiger charge is -2.23. The third kappa shape index (κ3) is 3.89. The summed E-state index contributed by atoms with van der Waals surface area (Å²) in [5.41, 5.74) is 5.14. The SMILES string of the molecule is CCNC(c1cc(Br)c(C)cc1Br)c1cccc(C)c1I. The first-order valence-corrected chi connectivity index (χ1v) is 9.56. The molecule has 112 valence electrons. The first-order chi connectivity index (χ1) is 9.95. The van der Waals surface area contributed by atoms with Gasteiger partial charge < -0.3 is 5.32 Å². The van der Waals surface area contributed by atoms with Crippen LogP contribution in [-0.4, -0.2) is 6.54 Å². The average molecular weight is 523 g/mol. The third-order valence-corrected chi connectivity index (χ3v) is 6.54. The summed E-state index contributed by atoms with van der Waals surface area (Å²) in [6.07, 6.45) is 0. The van der Waals surface area contributed by atoms with Crippen LogP contribution in [0.2, 0.25) is 0 Å². The number of benzene rings is 2. The van der Waals surface area contributed by atoms with Gasteiger partial charge in [0.05, 0.1) is 6.04 Å². The molecule has 0 aliphatic heterocycles. The van der Waals surface area contributed by atoms with E-state index in [1.54, 1.807) is 0 Å². The van der Waals surface area contributed by atoms with Crippen LogP contribution in [0.15, 0.2) is 39.3 Å². The van der Waals surface area contributed by atoms with Crippen molar-refractivity contribution in [3.05, 3.63) is 65.1 Å². The number of rotatable bonds is 4. The van der Waals surface area contributed by atoms with E-state index in [4.69, 9.17) is 0 Å². The van der Waals surface area contributed by atoms with Crippen molar-refractivity contribution in [1.82, 2.24) is 5.32 Å². The monoisotopic (exact) mass is 521 g/mol. The predicted molar refractivity (Wildman–Crippen MR) is 106 cm³/mol. The second-order valence-electron chi connectivity index (χ2n) is 5.09. The Hall–Kier alpha value is 0.0900. The van der Waals surface area contributed by atoms with Crippen molar-refractivity contribution in [2.24, 2.45) is 0 Å². The minimum absolute atomic E-state index is 0.188. The number of nitrogens with one attached hydrogen (secondary N) is 1. The van der Waals surface area contributed by atoms with Crippen molar-refractivity contribution in [1.29, 1.82) is 0 Å². The van der Waals surface area contributed by atoms with Crippen LogP contribution in [0.3, 0.4) is 0 Å². The maximum atomic E-state index is 3.73. The lowest BCUT2D eigenvalue weighted by Crippen LogP contribution is -2.23. The zero-order valence-electron chi connectivity index (χ0n) is 12.3. The van der Waals surface area contributed by atoms with Crippen LogP contribution in [0.25, 0.3) is 0 Å². The maximum Gasteiger partial charge on any atom is 0.0598 e. The van der Waals surface area contributed by atoms with E-state index in [-0.39, 0.29) is 6.04 Å². The number of hydrogen-bond acceptors (Lipinski definition) is 1. The summed E-state index contributed by atoms with van der Waals surface area (Å²) in [5.74, 6) is 0. The molecular weight excluding hydrogens is 505 g/mol. The molecule has 1 N–H and O–H groups in total. The number of halogens is 3. The summed E-state index contributed by atoms with van der Waals surface area (Å²) in [6.45, 7) is 7.34. The van der Waals surface area contributed by atoms with Gasteiger partial charge in [-0.2, -0.15) is 0 Å². The lowest BCUT2D eigenvalue weighted by atomic mass is 9.96. The molecule has 2 aromatic rings.